The zero-order chi connectivity index (χ0) is 14.3. The number of aromatic nitrogens is 1. The van der Waals surface area contributed by atoms with Crippen LogP contribution in [0, 0.1) is 5.82 Å². The molecular weight excluding hydrogens is 283 g/mol. The number of halogens is 2. The van der Waals surface area contributed by atoms with E-state index in [1.165, 1.54) is 12.1 Å². The molecule has 0 bridgehead atoms. The van der Waals surface area contributed by atoms with Crippen LogP contribution in [0.25, 0.3) is 22.6 Å². The molecule has 4 nitrogen and oxygen atoms in total. The van der Waals surface area contributed by atoms with Crippen LogP contribution in [0.4, 0.5) is 10.1 Å². The summed E-state index contributed by atoms with van der Waals surface area (Å²) in [6.45, 7) is 0. The SMILES string of the molecule is COc1ccc(N)c(-c2nc3cc(F)cc(Cl)c3o2)c1. The van der Waals surface area contributed by atoms with Gasteiger partial charge in [-0.1, -0.05) is 11.6 Å². The molecular formula is C14H10ClFN2O2. The van der Waals surface area contributed by atoms with Gasteiger partial charge in [0.2, 0.25) is 5.89 Å². The van der Waals surface area contributed by atoms with Crippen LogP contribution in [0.15, 0.2) is 34.7 Å². The van der Waals surface area contributed by atoms with Crippen molar-refractivity contribution in [2.75, 3.05) is 12.8 Å². The Kier molecular flexibility index (Phi) is 2.99. The standard InChI is InChI=1S/C14H10ClFN2O2/c1-19-8-2-3-11(17)9(6-8)14-18-12-5-7(16)4-10(15)13(12)20-14/h2-6H,17H2,1H3. The van der Waals surface area contributed by atoms with Crippen LogP contribution < -0.4 is 10.5 Å². The zero-order valence-electron chi connectivity index (χ0n) is 10.5. The van der Waals surface area contributed by atoms with E-state index in [2.05, 4.69) is 4.98 Å². The minimum atomic E-state index is -0.471. The number of nitrogens with zero attached hydrogens (tertiary/aromatic N) is 1. The third-order valence-electron chi connectivity index (χ3n) is 2.90. The molecule has 0 amide bonds. The molecule has 6 heteroatoms. The molecule has 1 aromatic heterocycles. The molecule has 2 N–H and O–H groups in total. The lowest BCUT2D eigenvalue weighted by Gasteiger charge is -2.04. The van der Waals surface area contributed by atoms with Crippen molar-refractivity contribution in [3.8, 4) is 17.2 Å². The van der Waals surface area contributed by atoms with Gasteiger partial charge in [-0.3, -0.25) is 0 Å². The Balaban J connectivity index is 2.22. The van der Waals surface area contributed by atoms with Crippen LogP contribution in [-0.4, -0.2) is 12.1 Å². The molecule has 102 valence electrons. The number of nitrogen functional groups attached to an aromatic ring is 1. The Morgan fingerprint density at radius 3 is 2.85 bits per heavy atom. The van der Waals surface area contributed by atoms with Crippen molar-refractivity contribution in [1.82, 2.24) is 4.98 Å². The van der Waals surface area contributed by atoms with Gasteiger partial charge in [0.05, 0.1) is 17.7 Å². The van der Waals surface area contributed by atoms with Gasteiger partial charge in [-0.05, 0) is 24.3 Å². The number of ether oxygens (including phenoxy) is 1. The van der Waals surface area contributed by atoms with Crippen molar-refractivity contribution in [1.29, 1.82) is 0 Å². The summed E-state index contributed by atoms with van der Waals surface area (Å²) >= 11 is 5.93. The second kappa shape index (κ2) is 4.68. The van der Waals surface area contributed by atoms with E-state index < -0.39 is 5.82 Å². The minimum absolute atomic E-state index is 0.167. The maximum atomic E-state index is 13.3. The molecule has 2 aromatic carbocycles. The monoisotopic (exact) mass is 292 g/mol. The third-order valence-corrected chi connectivity index (χ3v) is 3.18. The smallest absolute Gasteiger partial charge is 0.229 e. The molecule has 0 aliphatic rings. The quantitative estimate of drug-likeness (QED) is 0.728. The number of benzene rings is 2. The van der Waals surface area contributed by atoms with E-state index in [1.807, 2.05) is 0 Å². The second-order valence-corrected chi connectivity index (χ2v) is 4.62. The van der Waals surface area contributed by atoms with E-state index in [1.54, 1.807) is 25.3 Å². The summed E-state index contributed by atoms with van der Waals surface area (Å²) in [6.07, 6.45) is 0. The highest BCUT2D eigenvalue weighted by atomic mass is 35.5. The Bertz CT molecular complexity index is 801. The van der Waals surface area contributed by atoms with E-state index in [-0.39, 0.29) is 10.9 Å². The zero-order valence-corrected chi connectivity index (χ0v) is 11.2. The van der Waals surface area contributed by atoms with Gasteiger partial charge >= 0.3 is 0 Å². The molecule has 0 aliphatic heterocycles. The Labute approximate surface area is 118 Å². The number of hydrogen-bond acceptors (Lipinski definition) is 4. The summed E-state index contributed by atoms with van der Waals surface area (Å²) in [5, 5.41) is 0.167. The fourth-order valence-electron chi connectivity index (χ4n) is 1.92. The van der Waals surface area contributed by atoms with Crippen LogP contribution in [0.3, 0.4) is 0 Å². The molecule has 0 aliphatic carbocycles. The lowest BCUT2D eigenvalue weighted by Crippen LogP contribution is -1.91. The topological polar surface area (TPSA) is 61.3 Å². The average Bonchev–Trinajstić information content (AvgIpc) is 2.83. The maximum absolute atomic E-state index is 13.3. The van der Waals surface area contributed by atoms with Crippen molar-refractivity contribution < 1.29 is 13.5 Å². The van der Waals surface area contributed by atoms with Crippen LogP contribution in [0.1, 0.15) is 0 Å². The van der Waals surface area contributed by atoms with Crippen molar-refractivity contribution in [2.24, 2.45) is 0 Å². The van der Waals surface area contributed by atoms with Crippen molar-refractivity contribution in [3.63, 3.8) is 0 Å². The molecule has 0 fully saturated rings. The molecule has 20 heavy (non-hydrogen) atoms. The number of nitrogens with two attached hydrogens (primary N) is 1. The molecule has 3 rings (SSSR count). The molecule has 3 aromatic rings. The van der Waals surface area contributed by atoms with E-state index >= 15 is 0 Å². The minimum Gasteiger partial charge on any atom is -0.497 e. The highest BCUT2D eigenvalue weighted by molar-refractivity contribution is 6.34. The Morgan fingerprint density at radius 2 is 2.10 bits per heavy atom. The molecule has 0 saturated carbocycles. The first-order valence-corrected chi connectivity index (χ1v) is 6.16. The normalized spacial score (nSPS) is 10.9. The van der Waals surface area contributed by atoms with Crippen molar-refractivity contribution in [2.45, 2.75) is 0 Å². The number of hydrogen-bond donors (Lipinski definition) is 1. The molecule has 0 saturated heterocycles. The van der Waals surface area contributed by atoms with E-state index in [0.717, 1.165) is 0 Å². The predicted octanol–water partition coefficient (Wildman–Crippen LogP) is 3.88. The highest BCUT2D eigenvalue weighted by Gasteiger charge is 2.15. The van der Waals surface area contributed by atoms with E-state index in [4.69, 9.17) is 26.5 Å². The van der Waals surface area contributed by atoms with E-state index in [9.17, 15) is 4.39 Å². The van der Waals surface area contributed by atoms with Gasteiger partial charge in [0.1, 0.15) is 17.1 Å². The summed E-state index contributed by atoms with van der Waals surface area (Å²) < 4.78 is 24.0. The predicted molar refractivity (Wildman–Crippen MR) is 75.4 cm³/mol. The van der Waals surface area contributed by atoms with Crippen LogP contribution in [0.5, 0.6) is 5.75 Å². The van der Waals surface area contributed by atoms with Crippen LogP contribution >= 0.6 is 11.6 Å². The summed E-state index contributed by atoms with van der Waals surface area (Å²) in [4.78, 5) is 4.21. The lowest BCUT2D eigenvalue weighted by atomic mass is 10.1. The van der Waals surface area contributed by atoms with Gasteiger partial charge in [-0.2, -0.15) is 0 Å². The fraction of sp³-hybridized carbons (Fsp3) is 0.0714. The lowest BCUT2D eigenvalue weighted by molar-refractivity contribution is 0.415. The van der Waals surface area contributed by atoms with Crippen molar-refractivity contribution >= 4 is 28.4 Å². The molecule has 0 unspecified atom stereocenters. The molecule has 0 spiro atoms. The van der Waals surface area contributed by atoms with Crippen LogP contribution in [-0.2, 0) is 0 Å². The Morgan fingerprint density at radius 1 is 1.30 bits per heavy atom. The first kappa shape index (κ1) is 12.7. The van der Waals surface area contributed by atoms with E-state index in [0.29, 0.717) is 28.1 Å². The van der Waals surface area contributed by atoms with Gasteiger partial charge in [0.25, 0.3) is 0 Å². The van der Waals surface area contributed by atoms with Crippen molar-refractivity contribution in [3.05, 3.63) is 41.2 Å². The van der Waals surface area contributed by atoms with Gasteiger partial charge in [-0.25, -0.2) is 9.37 Å². The fourth-order valence-corrected chi connectivity index (χ4v) is 2.16. The van der Waals surface area contributed by atoms with Gasteiger partial charge < -0.3 is 14.9 Å². The number of oxazole rings is 1. The van der Waals surface area contributed by atoms with Crippen LogP contribution in [0.2, 0.25) is 5.02 Å². The molecule has 0 radical (unpaired) electrons. The maximum Gasteiger partial charge on any atom is 0.229 e. The van der Waals surface area contributed by atoms with Gasteiger partial charge in [0, 0.05) is 11.8 Å². The summed E-state index contributed by atoms with van der Waals surface area (Å²) in [5.41, 5.74) is 7.61. The summed E-state index contributed by atoms with van der Waals surface area (Å²) in [5.74, 6) is 0.415. The average molecular weight is 293 g/mol. The molecule has 1 heterocycles. The Hall–Kier alpha value is -2.27. The van der Waals surface area contributed by atoms with Gasteiger partial charge in [-0.15, -0.1) is 0 Å². The second-order valence-electron chi connectivity index (χ2n) is 4.21. The summed E-state index contributed by atoms with van der Waals surface area (Å²) in [6, 6.07) is 7.54. The third kappa shape index (κ3) is 2.06. The van der Waals surface area contributed by atoms with Gasteiger partial charge in [0.15, 0.2) is 5.58 Å². The first-order valence-electron chi connectivity index (χ1n) is 5.78. The number of rotatable bonds is 2. The highest BCUT2D eigenvalue weighted by Crippen LogP contribution is 2.34. The summed E-state index contributed by atoms with van der Waals surface area (Å²) in [7, 11) is 1.55. The number of methoxy groups -OCH3 is 1. The molecule has 0 atom stereocenters. The first-order chi connectivity index (χ1) is 9.58. The number of anilines is 1. The number of fused-ring (bicyclic) bond motifs is 1. The largest absolute Gasteiger partial charge is 0.497 e.